The van der Waals surface area contributed by atoms with Crippen LogP contribution in [0.5, 0.6) is 0 Å². The molecular weight excluding hydrogens is 246 g/mol. The number of nitrogens with zero attached hydrogens (tertiary/aromatic N) is 3. The molecule has 0 aliphatic heterocycles. The zero-order valence-electron chi connectivity index (χ0n) is 7.09. The lowest BCUT2D eigenvalue weighted by Crippen LogP contribution is -1.96. The van der Waals surface area contributed by atoms with Gasteiger partial charge >= 0.3 is 0 Å². The standard InChI is InChI=1S/C9H6BrN3O/c10-9-2-4-13(12-9)8-1-3-11-7(5-8)6-14/h1-6H. The van der Waals surface area contributed by atoms with Crippen LogP contribution >= 0.6 is 15.9 Å². The van der Waals surface area contributed by atoms with E-state index in [1.807, 2.05) is 6.07 Å². The molecule has 0 saturated carbocycles. The highest BCUT2D eigenvalue weighted by Crippen LogP contribution is 2.10. The van der Waals surface area contributed by atoms with Gasteiger partial charge in [0.15, 0.2) is 6.29 Å². The fourth-order valence-electron chi connectivity index (χ4n) is 1.09. The zero-order valence-corrected chi connectivity index (χ0v) is 8.68. The quantitative estimate of drug-likeness (QED) is 0.766. The molecule has 2 aromatic rings. The van der Waals surface area contributed by atoms with E-state index in [1.54, 1.807) is 29.2 Å². The molecule has 70 valence electrons. The van der Waals surface area contributed by atoms with Crippen molar-refractivity contribution in [2.24, 2.45) is 0 Å². The highest BCUT2D eigenvalue weighted by atomic mass is 79.9. The molecule has 0 saturated heterocycles. The van der Waals surface area contributed by atoms with E-state index in [4.69, 9.17) is 0 Å². The van der Waals surface area contributed by atoms with E-state index in [-0.39, 0.29) is 0 Å². The molecular formula is C9H6BrN3O. The summed E-state index contributed by atoms with van der Waals surface area (Å²) in [5.74, 6) is 0. The summed E-state index contributed by atoms with van der Waals surface area (Å²) in [7, 11) is 0. The summed E-state index contributed by atoms with van der Waals surface area (Å²) in [6.45, 7) is 0. The van der Waals surface area contributed by atoms with Crippen molar-refractivity contribution in [2.75, 3.05) is 0 Å². The first-order chi connectivity index (χ1) is 6.79. The lowest BCUT2D eigenvalue weighted by Gasteiger charge is -2.00. The van der Waals surface area contributed by atoms with Crippen LogP contribution < -0.4 is 0 Å². The highest BCUT2D eigenvalue weighted by Gasteiger charge is 2.00. The van der Waals surface area contributed by atoms with Crippen LogP contribution in [0.3, 0.4) is 0 Å². The number of halogens is 1. The Morgan fingerprint density at radius 1 is 1.43 bits per heavy atom. The van der Waals surface area contributed by atoms with Gasteiger partial charge in [0, 0.05) is 12.4 Å². The molecule has 0 radical (unpaired) electrons. The number of aromatic nitrogens is 3. The first-order valence-electron chi connectivity index (χ1n) is 3.92. The molecule has 0 spiro atoms. The first-order valence-corrected chi connectivity index (χ1v) is 4.71. The van der Waals surface area contributed by atoms with Crippen molar-refractivity contribution in [1.29, 1.82) is 0 Å². The smallest absolute Gasteiger partial charge is 0.168 e. The van der Waals surface area contributed by atoms with Crippen LogP contribution in [0.2, 0.25) is 0 Å². The Labute approximate surface area is 88.7 Å². The lowest BCUT2D eigenvalue weighted by molar-refractivity contribution is 0.111. The van der Waals surface area contributed by atoms with Gasteiger partial charge in [-0.25, -0.2) is 4.68 Å². The number of carbonyl (C=O) groups excluding carboxylic acids is 1. The van der Waals surface area contributed by atoms with Crippen molar-refractivity contribution in [3.63, 3.8) is 0 Å². The molecule has 0 unspecified atom stereocenters. The average molecular weight is 252 g/mol. The van der Waals surface area contributed by atoms with Gasteiger partial charge in [0.1, 0.15) is 10.3 Å². The molecule has 5 heteroatoms. The minimum Gasteiger partial charge on any atom is -0.296 e. The topological polar surface area (TPSA) is 47.8 Å². The van der Waals surface area contributed by atoms with Crippen molar-refractivity contribution in [2.45, 2.75) is 0 Å². The lowest BCUT2D eigenvalue weighted by atomic mass is 10.3. The molecule has 2 heterocycles. The number of rotatable bonds is 2. The van der Waals surface area contributed by atoms with E-state index in [9.17, 15) is 4.79 Å². The van der Waals surface area contributed by atoms with Crippen LogP contribution in [0.25, 0.3) is 5.69 Å². The Kier molecular flexibility index (Phi) is 2.41. The van der Waals surface area contributed by atoms with Crippen LogP contribution in [0.15, 0.2) is 35.2 Å². The largest absolute Gasteiger partial charge is 0.296 e. The molecule has 4 nitrogen and oxygen atoms in total. The van der Waals surface area contributed by atoms with E-state index in [0.29, 0.717) is 12.0 Å². The van der Waals surface area contributed by atoms with Crippen molar-refractivity contribution >= 4 is 22.2 Å². The van der Waals surface area contributed by atoms with Gasteiger partial charge in [-0.1, -0.05) is 0 Å². The van der Waals surface area contributed by atoms with Crippen LogP contribution in [-0.4, -0.2) is 21.1 Å². The SMILES string of the molecule is O=Cc1cc(-n2ccc(Br)n2)ccn1. The maximum absolute atomic E-state index is 10.5. The maximum atomic E-state index is 10.5. The van der Waals surface area contributed by atoms with Crippen LogP contribution in [-0.2, 0) is 0 Å². The molecule has 0 fully saturated rings. The van der Waals surface area contributed by atoms with Gasteiger partial charge in [0.2, 0.25) is 0 Å². The molecule has 0 bridgehead atoms. The second kappa shape index (κ2) is 3.71. The van der Waals surface area contributed by atoms with Gasteiger partial charge < -0.3 is 0 Å². The summed E-state index contributed by atoms with van der Waals surface area (Å²) >= 11 is 3.25. The van der Waals surface area contributed by atoms with Gasteiger partial charge in [0.25, 0.3) is 0 Å². The number of aldehydes is 1. The third-order valence-corrected chi connectivity index (χ3v) is 2.13. The fourth-order valence-corrected chi connectivity index (χ4v) is 1.38. The summed E-state index contributed by atoms with van der Waals surface area (Å²) < 4.78 is 2.42. The molecule has 0 aliphatic rings. The maximum Gasteiger partial charge on any atom is 0.168 e. The van der Waals surface area contributed by atoms with Crippen molar-refractivity contribution in [1.82, 2.24) is 14.8 Å². The van der Waals surface area contributed by atoms with E-state index >= 15 is 0 Å². The molecule has 0 amide bonds. The fraction of sp³-hybridized carbons (Fsp3) is 0. The Hall–Kier alpha value is -1.49. The minimum atomic E-state index is 0.397. The van der Waals surface area contributed by atoms with Gasteiger partial charge in [-0.15, -0.1) is 0 Å². The number of hydrogen-bond acceptors (Lipinski definition) is 3. The van der Waals surface area contributed by atoms with Crippen LogP contribution in [0.1, 0.15) is 10.5 Å². The minimum absolute atomic E-state index is 0.397. The van der Waals surface area contributed by atoms with Crippen molar-refractivity contribution in [3.8, 4) is 5.69 Å². The van der Waals surface area contributed by atoms with Crippen LogP contribution in [0, 0.1) is 0 Å². The third-order valence-electron chi connectivity index (χ3n) is 1.71. The predicted molar refractivity (Wildman–Crippen MR) is 54.4 cm³/mol. The predicted octanol–water partition coefficient (Wildman–Crippen LogP) is 1.84. The Balaban J connectivity index is 2.46. The van der Waals surface area contributed by atoms with E-state index < -0.39 is 0 Å². The van der Waals surface area contributed by atoms with Gasteiger partial charge in [-0.05, 0) is 34.1 Å². The molecule has 0 N–H and O–H groups in total. The molecule has 0 atom stereocenters. The van der Waals surface area contributed by atoms with E-state index in [2.05, 4.69) is 26.0 Å². The van der Waals surface area contributed by atoms with Gasteiger partial charge in [0.05, 0.1) is 5.69 Å². The second-order valence-electron chi connectivity index (χ2n) is 2.64. The number of hydrogen-bond donors (Lipinski definition) is 0. The first kappa shape index (κ1) is 9.08. The summed E-state index contributed by atoms with van der Waals surface area (Å²) in [5.41, 5.74) is 1.21. The molecule has 2 aromatic heterocycles. The summed E-state index contributed by atoms with van der Waals surface area (Å²) in [6, 6.07) is 5.28. The summed E-state index contributed by atoms with van der Waals surface area (Å²) in [6.07, 6.45) is 4.09. The number of pyridine rings is 1. The Morgan fingerprint density at radius 2 is 2.29 bits per heavy atom. The van der Waals surface area contributed by atoms with Crippen molar-refractivity contribution in [3.05, 3.63) is 40.9 Å². The Morgan fingerprint density at radius 3 is 2.93 bits per heavy atom. The monoisotopic (exact) mass is 251 g/mol. The zero-order chi connectivity index (χ0) is 9.97. The molecule has 2 rings (SSSR count). The average Bonchev–Trinajstić information content (AvgIpc) is 2.65. The van der Waals surface area contributed by atoms with Gasteiger partial charge in [-0.2, -0.15) is 5.10 Å². The highest BCUT2D eigenvalue weighted by molar-refractivity contribution is 9.10. The van der Waals surface area contributed by atoms with E-state index in [0.717, 1.165) is 10.3 Å². The van der Waals surface area contributed by atoms with Crippen LogP contribution in [0.4, 0.5) is 0 Å². The van der Waals surface area contributed by atoms with Gasteiger partial charge in [-0.3, -0.25) is 9.78 Å². The molecule has 0 aromatic carbocycles. The Bertz CT molecular complexity index is 467. The molecule has 14 heavy (non-hydrogen) atoms. The third kappa shape index (κ3) is 1.72. The second-order valence-corrected chi connectivity index (χ2v) is 3.45. The van der Waals surface area contributed by atoms with Crippen molar-refractivity contribution < 1.29 is 4.79 Å². The normalized spacial score (nSPS) is 10.1. The number of carbonyl (C=O) groups is 1. The summed E-state index contributed by atoms with van der Waals surface area (Å²) in [4.78, 5) is 14.4. The summed E-state index contributed by atoms with van der Waals surface area (Å²) in [5, 5.41) is 4.15. The molecule has 0 aliphatic carbocycles. The van der Waals surface area contributed by atoms with E-state index in [1.165, 1.54) is 0 Å².